The maximum Gasteiger partial charge on any atom is 0.330 e. The fourth-order valence-corrected chi connectivity index (χ4v) is 1.11. The topological polar surface area (TPSA) is 48.0 Å². The third-order valence-corrected chi connectivity index (χ3v) is 2.04. The molecule has 0 aliphatic rings. The minimum Gasteiger partial charge on any atom is -0.461 e. The third kappa shape index (κ3) is 8.40. The van der Waals surface area contributed by atoms with Crippen molar-refractivity contribution in [3.05, 3.63) is 12.7 Å². The number of methoxy groups -OCH3 is 2. The summed E-state index contributed by atoms with van der Waals surface area (Å²) in [6.45, 7) is 7.26. The van der Waals surface area contributed by atoms with E-state index >= 15 is 0 Å². The molecule has 0 amide bonds. The maximum absolute atomic E-state index is 10.8. The van der Waals surface area contributed by atoms with E-state index in [0.717, 1.165) is 19.2 Å². The minimum absolute atomic E-state index is 0.359. The van der Waals surface area contributed by atoms with Crippen molar-refractivity contribution in [3.63, 3.8) is 0 Å². The van der Waals surface area contributed by atoms with Gasteiger partial charge < -0.3 is 14.2 Å². The van der Waals surface area contributed by atoms with Gasteiger partial charge in [0.2, 0.25) is 0 Å². The van der Waals surface area contributed by atoms with Gasteiger partial charge in [0, 0.05) is 39.9 Å². The molecular weight excluding hydrogens is 210 g/mol. The summed E-state index contributed by atoms with van der Waals surface area (Å²) in [5.41, 5.74) is 0. The van der Waals surface area contributed by atoms with Gasteiger partial charge in [-0.2, -0.15) is 0 Å². The van der Waals surface area contributed by atoms with Crippen molar-refractivity contribution < 1.29 is 19.0 Å². The van der Waals surface area contributed by atoms with Gasteiger partial charge in [-0.1, -0.05) is 6.58 Å². The Morgan fingerprint density at radius 2 is 1.62 bits per heavy atom. The van der Waals surface area contributed by atoms with Crippen LogP contribution in [0.3, 0.4) is 0 Å². The molecule has 0 aromatic carbocycles. The van der Waals surface area contributed by atoms with Crippen molar-refractivity contribution in [1.82, 2.24) is 4.90 Å². The molecule has 0 heterocycles. The van der Waals surface area contributed by atoms with Crippen molar-refractivity contribution in [2.24, 2.45) is 0 Å². The van der Waals surface area contributed by atoms with E-state index in [9.17, 15) is 4.79 Å². The molecule has 0 saturated heterocycles. The second-order valence-electron chi connectivity index (χ2n) is 3.20. The zero-order chi connectivity index (χ0) is 12.2. The fraction of sp³-hybridized carbons (Fsp3) is 0.727. The number of hydrogen-bond acceptors (Lipinski definition) is 5. The molecule has 94 valence electrons. The second kappa shape index (κ2) is 10.6. The number of carbonyl (C=O) groups excluding carboxylic acids is 1. The van der Waals surface area contributed by atoms with Crippen LogP contribution in [-0.4, -0.2) is 64.5 Å². The van der Waals surface area contributed by atoms with E-state index in [-0.39, 0.29) is 0 Å². The number of nitrogens with zero attached hydrogens (tertiary/aromatic N) is 1. The molecule has 0 unspecified atom stereocenters. The Hall–Kier alpha value is -0.910. The first-order chi connectivity index (χ1) is 7.74. The molecular formula is C11H21NO4. The van der Waals surface area contributed by atoms with E-state index in [2.05, 4.69) is 11.5 Å². The van der Waals surface area contributed by atoms with Crippen molar-refractivity contribution >= 4 is 5.97 Å². The van der Waals surface area contributed by atoms with Crippen LogP contribution in [0.2, 0.25) is 0 Å². The van der Waals surface area contributed by atoms with Gasteiger partial charge in [-0.15, -0.1) is 0 Å². The van der Waals surface area contributed by atoms with E-state index in [1.54, 1.807) is 14.2 Å². The van der Waals surface area contributed by atoms with Crippen LogP contribution in [0.5, 0.6) is 0 Å². The third-order valence-electron chi connectivity index (χ3n) is 2.04. The molecule has 0 rings (SSSR count). The number of ether oxygens (including phenoxy) is 3. The fourth-order valence-electron chi connectivity index (χ4n) is 1.11. The van der Waals surface area contributed by atoms with Gasteiger partial charge >= 0.3 is 5.97 Å². The van der Waals surface area contributed by atoms with Crippen LogP contribution in [0.4, 0.5) is 0 Å². The van der Waals surface area contributed by atoms with Crippen LogP contribution in [0.25, 0.3) is 0 Å². The van der Waals surface area contributed by atoms with Crippen LogP contribution >= 0.6 is 0 Å². The summed E-state index contributed by atoms with van der Waals surface area (Å²) in [6.07, 6.45) is 1.16. The summed E-state index contributed by atoms with van der Waals surface area (Å²) in [6, 6.07) is 0. The lowest BCUT2D eigenvalue weighted by atomic mass is 10.4. The molecule has 0 fully saturated rings. The summed E-state index contributed by atoms with van der Waals surface area (Å²) in [4.78, 5) is 12.9. The predicted octanol–water partition coefficient (Wildman–Crippen LogP) is 0.310. The Labute approximate surface area is 97.0 Å². The maximum atomic E-state index is 10.8. The molecule has 5 heteroatoms. The lowest BCUT2D eigenvalue weighted by Crippen LogP contribution is -2.34. The van der Waals surface area contributed by atoms with Crippen LogP contribution < -0.4 is 0 Å². The minimum atomic E-state index is -0.390. The van der Waals surface area contributed by atoms with Crippen LogP contribution in [0.1, 0.15) is 0 Å². The molecule has 0 N–H and O–H groups in total. The summed E-state index contributed by atoms with van der Waals surface area (Å²) >= 11 is 0. The summed E-state index contributed by atoms with van der Waals surface area (Å²) < 4.78 is 14.9. The van der Waals surface area contributed by atoms with E-state index in [1.807, 2.05) is 0 Å². The normalized spacial score (nSPS) is 10.4. The molecule has 0 aliphatic carbocycles. The van der Waals surface area contributed by atoms with Crippen LogP contribution in [0.15, 0.2) is 12.7 Å². The predicted molar refractivity (Wildman–Crippen MR) is 61.3 cm³/mol. The van der Waals surface area contributed by atoms with Gasteiger partial charge in [-0.3, -0.25) is 4.90 Å². The first kappa shape index (κ1) is 15.1. The second-order valence-corrected chi connectivity index (χ2v) is 3.20. The quantitative estimate of drug-likeness (QED) is 0.400. The molecule has 0 radical (unpaired) electrons. The number of carbonyl (C=O) groups is 1. The highest BCUT2D eigenvalue weighted by Gasteiger charge is 2.05. The SMILES string of the molecule is C=CC(=O)OCCN(CCOC)CCOC. The van der Waals surface area contributed by atoms with Crippen molar-refractivity contribution in [3.8, 4) is 0 Å². The molecule has 0 atom stereocenters. The number of hydrogen-bond donors (Lipinski definition) is 0. The molecule has 5 nitrogen and oxygen atoms in total. The highest BCUT2D eigenvalue weighted by molar-refractivity contribution is 5.81. The van der Waals surface area contributed by atoms with E-state index in [0.29, 0.717) is 26.4 Å². The monoisotopic (exact) mass is 231 g/mol. The number of esters is 1. The smallest absolute Gasteiger partial charge is 0.330 e. The lowest BCUT2D eigenvalue weighted by molar-refractivity contribution is -0.138. The Balaban J connectivity index is 3.71. The Morgan fingerprint density at radius 1 is 1.12 bits per heavy atom. The van der Waals surface area contributed by atoms with Crippen molar-refractivity contribution in [1.29, 1.82) is 0 Å². The highest BCUT2D eigenvalue weighted by Crippen LogP contribution is 1.90. The van der Waals surface area contributed by atoms with E-state index < -0.39 is 5.97 Å². The molecule has 0 saturated carbocycles. The van der Waals surface area contributed by atoms with E-state index in [1.165, 1.54) is 0 Å². The molecule has 0 aliphatic heterocycles. The molecule has 0 spiro atoms. The largest absolute Gasteiger partial charge is 0.461 e. The Morgan fingerprint density at radius 3 is 2.06 bits per heavy atom. The molecule has 0 aromatic heterocycles. The van der Waals surface area contributed by atoms with E-state index in [4.69, 9.17) is 14.2 Å². The van der Waals surface area contributed by atoms with Gasteiger partial charge in [0.1, 0.15) is 6.61 Å². The zero-order valence-electron chi connectivity index (χ0n) is 10.1. The van der Waals surface area contributed by atoms with Gasteiger partial charge in [0.05, 0.1) is 13.2 Å². The van der Waals surface area contributed by atoms with Gasteiger partial charge in [-0.25, -0.2) is 4.79 Å². The molecule has 16 heavy (non-hydrogen) atoms. The van der Waals surface area contributed by atoms with Crippen LogP contribution in [0, 0.1) is 0 Å². The number of rotatable bonds is 10. The first-order valence-electron chi connectivity index (χ1n) is 5.24. The Kier molecular flexibility index (Phi) is 10.00. The first-order valence-corrected chi connectivity index (χ1v) is 5.24. The van der Waals surface area contributed by atoms with Crippen molar-refractivity contribution in [2.75, 3.05) is 53.7 Å². The zero-order valence-corrected chi connectivity index (χ0v) is 10.1. The summed E-state index contributed by atoms with van der Waals surface area (Å²) in [5.74, 6) is -0.390. The summed E-state index contributed by atoms with van der Waals surface area (Å²) in [7, 11) is 3.32. The van der Waals surface area contributed by atoms with Gasteiger partial charge in [0.25, 0.3) is 0 Å². The lowest BCUT2D eigenvalue weighted by Gasteiger charge is -2.20. The molecule has 0 bridgehead atoms. The van der Waals surface area contributed by atoms with Gasteiger partial charge in [-0.05, 0) is 0 Å². The average Bonchev–Trinajstić information content (AvgIpc) is 2.31. The highest BCUT2D eigenvalue weighted by atomic mass is 16.5. The molecule has 0 aromatic rings. The summed E-state index contributed by atoms with van der Waals surface area (Å²) in [5, 5.41) is 0. The average molecular weight is 231 g/mol. The standard InChI is InChI=1S/C11H21NO4/c1-4-11(13)16-10-7-12(5-8-14-2)6-9-15-3/h4H,1,5-10H2,2-3H3. The van der Waals surface area contributed by atoms with Crippen molar-refractivity contribution in [2.45, 2.75) is 0 Å². The van der Waals surface area contributed by atoms with Crippen LogP contribution in [-0.2, 0) is 19.0 Å². The van der Waals surface area contributed by atoms with Gasteiger partial charge in [0.15, 0.2) is 0 Å². The Bertz CT molecular complexity index is 188.